The third-order valence-electron chi connectivity index (χ3n) is 3.45. The Bertz CT molecular complexity index is 603. The van der Waals surface area contributed by atoms with E-state index in [0.29, 0.717) is 6.42 Å². The van der Waals surface area contributed by atoms with E-state index in [1.807, 2.05) is 50.3 Å². The second-order valence-corrected chi connectivity index (χ2v) is 5.13. The molecule has 1 heteroatoms. The van der Waals surface area contributed by atoms with Crippen LogP contribution in [-0.2, 0) is 6.42 Å². The molecule has 0 heterocycles. The highest BCUT2D eigenvalue weighted by atomic mass is 16.3. The first-order chi connectivity index (χ1) is 10.2. The van der Waals surface area contributed by atoms with E-state index in [-0.39, 0.29) is 0 Å². The van der Waals surface area contributed by atoms with E-state index in [9.17, 15) is 5.11 Å². The second kappa shape index (κ2) is 7.61. The zero-order chi connectivity index (χ0) is 15.1. The molecule has 0 fully saturated rings. The number of aliphatic hydroxyl groups excluding tert-OH is 1. The molecule has 0 saturated carbocycles. The lowest BCUT2D eigenvalue weighted by atomic mass is 9.99. The Morgan fingerprint density at radius 3 is 1.76 bits per heavy atom. The molecule has 2 aromatic carbocycles. The summed E-state index contributed by atoms with van der Waals surface area (Å²) in [5.41, 5.74) is 4.45. The fraction of sp³-hybridized carbons (Fsp3) is 0.200. The molecule has 0 spiro atoms. The highest BCUT2D eigenvalue weighted by Gasteiger charge is 2.08. The van der Waals surface area contributed by atoms with Gasteiger partial charge in [0, 0.05) is 6.42 Å². The third-order valence-corrected chi connectivity index (χ3v) is 3.45. The second-order valence-electron chi connectivity index (χ2n) is 5.13. The van der Waals surface area contributed by atoms with Gasteiger partial charge in [-0.2, -0.15) is 0 Å². The maximum Gasteiger partial charge on any atom is 0.0830 e. The van der Waals surface area contributed by atoms with E-state index in [2.05, 4.69) is 36.4 Å². The van der Waals surface area contributed by atoms with Gasteiger partial charge in [-0.05, 0) is 36.1 Å². The van der Waals surface area contributed by atoms with Crippen molar-refractivity contribution < 1.29 is 5.11 Å². The van der Waals surface area contributed by atoms with Crippen LogP contribution in [0.25, 0.3) is 12.2 Å². The van der Waals surface area contributed by atoms with Crippen molar-refractivity contribution in [3.63, 3.8) is 0 Å². The van der Waals surface area contributed by atoms with Gasteiger partial charge in [0.15, 0.2) is 0 Å². The summed E-state index contributed by atoms with van der Waals surface area (Å²) < 4.78 is 0. The van der Waals surface area contributed by atoms with Crippen molar-refractivity contribution in [1.82, 2.24) is 0 Å². The van der Waals surface area contributed by atoms with Crippen molar-refractivity contribution in [2.45, 2.75) is 26.4 Å². The summed E-state index contributed by atoms with van der Waals surface area (Å²) in [6, 6.07) is 16.4. The Labute approximate surface area is 127 Å². The molecule has 1 nitrogen and oxygen atoms in total. The van der Waals surface area contributed by atoms with Crippen molar-refractivity contribution >= 4 is 12.2 Å². The minimum Gasteiger partial charge on any atom is -0.388 e. The fourth-order valence-corrected chi connectivity index (χ4v) is 2.32. The molecule has 1 unspecified atom stereocenters. The summed E-state index contributed by atoms with van der Waals surface area (Å²) >= 11 is 0. The van der Waals surface area contributed by atoms with Gasteiger partial charge in [-0.25, -0.2) is 0 Å². The Morgan fingerprint density at radius 1 is 0.810 bits per heavy atom. The summed E-state index contributed by atoms with van der Waals surface area (Å²) in [7, 11) is 0. The SMILES string of the molecule is C/C=C/c1ccc(CC(O)c2ccc(/C=C/C)cc2)cc1. The average Bonchev–Trinajstić information content (AvgIpc) is 2.50. The molecule has 0 saturated heterocycles. The van der Waals surface area contributed by atoms with Crippen LogP contribution < -0.4 is 0 Å². The molecule has 0 amide bonds. The summed E-state index contributed by atoms with van der Waals surface area (Å²) in [6.45, 7) is 4.01. The predicted molar refractivity (Wildman–Crippen MR) is 91.0 cm³/mol. The lowest BCUT2D eigenvalue weighted by molar-refractivity contribution is 0.178. The molecule has 21 heavy (non-hydrogen) atoms. The van der Waals surface area contributed by atoms with Crippen LogP contribution in [0.5, 0.6) is 0 Å². The zero-order valence-electron chi connectivity index (χ0n) is 12.7. The van der Waals surface area contributed by atoms with Gasteiger partial charge in [0.05, 0.1) is 6.10 Å². The van der Waals surface area contributed by atoms with Crippen LogP contribution >= 0.6 is 0 Å². The van der Waals surface area contributed by atoms with Crippen LogP contribution in [0.4, 0.5) is 0 Å². The third kappa shape index (κ3) is 4.44. The summed E-state index contributed by atoms with van der Waals surface area (Å²) in [6.07, 6.45) is 8.33. The van der Waals surface area contributed by atoms with Crippen molar-refractivity contribution in [3.8, 4) is 0 Å². The normalized spacial score (nSPS) is 13.1. The lowest BCUT2D eigenvalue weighted by Crippen LogP contribution is -2.01. The minimum atomic E-state index is -0.461. The molecule has 0 bridgehead atoms. The standard InChI is InChI=1S/C20H22O/c1-3-5-16-7-9-18(10-8-16)15-20(21)19-13-11-17(6-4-2)12-14-19/h3-14,20-21H,15H2,1-2H3/b5-3+,6-4+. The molecule has 108 valence electrons. The number of hydrogen-bond donors (Lipinski definition) is 1. The van der Waals surface area contributed by atoms with E-state index < -0.39 is 6.10 Å². The van der Waals surface area contributed by atoms with Gasteiger partial charge in [-0.15, -0.1) is 0 Å². The van der Waals surface area contributed by atoms with Gasteiger partial charge >= 0.3 is 0 Å². The van der Waals surface area contributed by atoms with Gasteiger partial charge in [0.25, 0.3) is 0 Å². The Kier molecular flexibility index (Phi) is 5.53. The molecule has 1 atom stereocenters. The maximum atomic E-state index is 10.3. The number of rotatable bonds is 5. The fourth-order valence-electron chi connectivity index (χ4n) is 2.32. The first kappa shape index (κ1) is 15.3. The molecule has 2 aromatic rings. The Balaban J connectivity index is 2.04. The molecule has 0 aliphatic carbocycles. The summed E-state index contributed by atoms with van der Waals surface area (Å²) in [5, 5.41) is 10.3. The van der Waals surface area contributed by atoms with Gasteiger partial charge < -0.3 is 5.11 Å². The largest absolute Gasteiger partial charge is 0.388 e. The smallest absolute Gasteiger partial charge is 0.0830 e. The Morgan fingerprint density at radius 2 is 1.29 bits per heavy atom. The maximum absolute atomic E-state index is 10.3. The summed E-state index contributed by atoms with van der Waals surface area (Å²) in [5.74, 6) is 0. The molecule has 0 aliphatic rings. The van der Waals surface area contributed by atoms with Gasteiger partial charge in [-0.3, -0.25) is 0 Å². The van der Waals surface area contributed by atoms with Gasteiger partial charge in [-0.1, -0.05) is 72.8 Å². The Hall–Kier alpha value is -2.12. The number of allylic oxidation sites excluding steroid dienone is 2. The molecular formula is C20H22O. The molecule has 0 aromatic heterocycles. The predicted octanol–water partition coefficient (Wildman–Crippen LogP) is 5.03. The highest BCUT2D eigenvalue weighted by Crippen LogP contribution is 2.20. The van der Waals surface area contributed by atoms with E-state index in [0.717, 1.165) is 16.7 Å². The minimum absolute atomic E-state index is 0.461. The van der Waals surface area contributed by atoms with Crippen LogP contribution in [0.3, 0.4) is 0 Å². The first-order valence-corrected chi connectivity index (χ1v) is 7.35. The summed E-state index contributed by atoms with van der Waals surface area (Å²) in [4.78, 5) is 0. The number of benzene rings is 2. The van der Waals surface area contributed by atoms with Crippen molar-refractivity contribution in [3.05, 3.63) is 82.9 Å². The van der Waals surface area contributed by atoms with Crippen LogP contribution in [0, 0.1) is 0 Å². The van der Waals surface area contributed by atoms with Crippen molar-refractivity contribution in [2.75, 3.05) is 0 Å². The lowest BCUT2D eigenvalue weighted by Gasteiger charge is -2.11. The topological polar surface area (TPSA) is 20.2 Å². The van der Waals surface area contributed by atoms with E-state index in [1.165, 1.54) is 5.56 Å². The molecule has 0 aliphatic heterocycles. The van der Waals surface area contributed by atoms with E-state index in [1.54, 1.807) is 0 Å². The van der Waals surface area contributed by atoms with Crippen LogP contribution in [0.1, 0.15) is 42.2 Å². The average molecular weight is 278 g/mol. The van der Waals surface area contributed by atoms with Crippen LogP contribution in [0.2, 0.25) is 0 Å². The van der Waals surface area contributed by atoms with Gasteiger partial charge in [0.2, 0.25) is 0 Å². The zero-order valence-corrected chi connectivity index (χ0v) is 12.7. The van der Waals surface area contributed by atoms with Crippen LogP contribution in [0.15, 0.2) is 60.7 Å². The van der Waals surface area contributed by atoms with Crippen molar-refractivity contribution in [1.29, 1.82) is 0 Å². The monoisotopic (exact) mass is 278 g/mol. The number of aliphatic hydroxyl groups is 1. The molecule has 0 radical (unpaired) electrons. The number of hydrogen-bond acceptors (Lipinski definition) is 1. The van der Waals surface area contributed by atoms with Crippen LogP contribution in [-0.4, -0.2) is 5.11 Å². The quantitative estimate of drug-likeness (QED) is 0.813. The first-order valence-electron chi connectivity index (χ1n) is 7.35. The highest BCUT2D eigenvalue weighted by molar-refractivity contribution is 5.50. The van der Waals surface area contributed by atoms with Crippen molar-refractivity contribution in [2.24, 2.45) is 0 Å². The van der Waals surface area contributed by atoms with E-state index in [4.69, 9.17) is 0 Å². The molecule has 2 rings (SSSR count). The molecule has 1 N–H and O–H groups in total. The van der Waals surface area contributed by atoms with E-state index >= 15 is 0 Å². The van der Waals surface area contributed by atoms with Gasteiger partial charge in [0.1, 0.15) is 0 Å². The molecular weight excluding hydrogens is 256 g/mol.